The molecule has 0 N–H and O–H groups in total. The van der Waals surface area contributed by atoms with Gasteiger partial charge in [-0.3, -0.25) is 4.79 Å². The van der Waals surface area contributed by atoms with E-state index in [-0.39, 0.29) is 11.9 Å². The van der Waals surface area contributed by atoms with Crippen LogP contribution >= 0.6 is 22.7 Å². The highest BCUT2D eigenvalue weighted by Gasteiger charge is 2.34. The van der Waals surface area contributed by atoms with Crippen molar-refractivity contribution in [2.24, 2.45) is 0 Å². The van der Waals surface area contributed by atoms with Gasteiger partial charge in [-0.2, -0.15) is 0 Å². The highest BCUT2D eigenvalue weighted by molar-refractivity contribution is 7.14. The summed E-state index contributed by atoms with van der Waals surface area (Å²) in [6.45, 7) is 2.71. The van der Waals surface area contributed by atoms with Crippen molar-refractivity contribution in [3.63, 3.8) is 0 Å². The van der Waals surface area contributed by atoms with Crippen LogP contribution in [-0.4, -0.2) is 31.6 Å². The highest BCUT2D eigenvalue weighted by atomic mass is 32.1. The van der Waals surface area contributed by atoms with Gasteiger partial charge in [-0.1, -0.05) is 6.07 Å². The van der Waals surface area contributed by atoms with Gasteiger partial charge in [0.2, 0.25) is 0 Å². The van der Waals surface area contributed by atoms with Crippen LogP contribution in [0.3, 0.4) is 0 Å². The van der Waals surface area contributed by atoms with Crippen LogP contribution in [0.5, 0.6) is 11.5 Å². The smallest absolute Gasteiger partial charge is 0.264 e. The molecular weight excluding hydrogens is 378 g/mol. The zero-order chi connectivity index (χ0) is 19.0. The largest absolute Gasteiger partial charge is 0.493 e. The lowest BCUT2D eigenvalue weighted by Gasteiger charge is -2.37. The van der Waals surface area contributed by atoms with Crippen molar-refractivity contribution < 1.29 is 14.3 Å². The number of amides is 1. The molecule has 0 spiro atoms. The normalized spacial score (nSPS) is 16.1. The maximum absolute atomic E-state index is 13.3. The van der Waals surface area contributed by atoms with E-state index < -0.39 is 0 Å². The molecule has 0 saturated carbocycles. The lowest BCUT2D eigenvalue weighted by Crippen LogP contribution is -2.40. The summed E-state index contributed by atoms with van der Waals surface area (Å²) in [5, 5.41) is 2.06. The maximum Gasteiger partial charge on any atom is 0.264 e. The number of carbonyl (C=O) groups is 1. The Hall–Kier alpha value is -2.31. The Kier molecular flexibility index (Phi) is 4.93. The number of carbonyl (C=O) groups excluding carboxylic acids is 1. The molecule has 1 aromatic carbocycles. The van der Waals surface area contributed by atoms with Crippen LogP contribution < -0.4 is 9.47 Å². The van der Waals surface area contributed by atoms with E-state index in [9.17, 15) is 4.79 Å². The van der Waals surface area contributed by atoms with E-state index in [4.69, 9.17) is 9.47 Å². The van der Waals surface area contributed by atoms with Crippen molar-refractivity contribution in [3.05, 3.63) is 67.5 Å². The number of methoxy groups -OCH3 is 2. The van der Waals surface area contributed by atoms with Crippen LogP contribution in [0.2, 0.25) is 0 Å². The second kappa shape index (κ2) is 7.37. The summed E-state index contributed by atoms with van der Waals surface area (Å²) < 4.78 is 11.0. The van der Waals surface area contributed by atoms with Gasteiger partial charge in [0.25, 0.3) is 5.91 Å². The second-order valence-electron chi connectivity index (χ2n) is 6.48. The topological polar surface area (TPSA) is 38.8 Å². The molecule has 0 fully saturated rings. The molecule has 3 aromatic rings. The SMILES string of the molecule is COc1cc2c(cc1OC)[C@@H](c1cccs1)N(C(=O)c1ccc(C)s1)CC2. The average molecular weight is 400 g/mol. The number of thiophene rings is 2. The quantitative estimate of drug-likeness (QED) is 0.625. The Morgan fingerprint density at radius 2 is 1.93 bits per heavy atom. The number of hydrogen-bond acceptors (Lipinski definition) is 5. The minimum atomic E-state index is -0.108. The van der Waals surface area contributed by atoms with Gasteiger partial charge in [-0.05, 0) is 60.2 Å². The van der Waals surface area contributed by atoms with E-state index >= 15 is 0 Å². The third kappa shape index (κ3) is 3.24. The summed E-state index contributed by atoms with van der Waals surface area (Å²) in [5.41, 5.74) is 2.32. The first-order valence-corrected chi connectivity index (χ1v) is 10.5. The Morgan fingerprint density at radius 1 is 1.15 bits per heavy atom. The van der Waals surface area contributed by atoms with Crippen molar-refractivity contribution in [3.8, 4) is 11.5 Å². The van der Waals surface area contributed by atoms with E-state index in [1.807, 2.05) is 42.2 Å². The van der Waals surface area contributed by atoms with Gasteiger partial charge in [0.05, 0.1) is 25.1 Å². The monoisotopic (exact) mass is 399 g/mol. The molecule has 0 radical (unpaired) electrons. The Balaban J connectivity index is 1.82. The first kappa shape index (κ1) is 18.1. The summed E-state index contributed by atoms with van der Waals surface area (Å²) in [4.78, 5) is 18.4. The van der Waals surface area contributed by atoms with E-state index in [1.54, 1.807) is 36.9 Å². The Morgan fingerprint density at radius 3 is 2.56 bits per heavy atom. The molecule has 1 atom stereocenters. The van der Waals surface area contributed by atoms with Crippen LogP contribution in [-0.2, 0) is 6.42 Å². The van der Waals surface area contributed by atoms with Gasteiger partial charge in [-0.25, -0.2) is 0 Å². The molecule has 1 aliphatic rings. The summed E-state index contributed by atoms with van der Waals surface area (Å²) in [6, 6.07) is 12.0. The number of ether oxygens (including phenoxy) is 2. The zero-order valence-corrected chi connectivity index (χ0v) is 17.2. The molecule has 6 heteroatoms. The van der Waals surface area contributed by atoms with Crippen molar-refractivity contribution in [2.75, 3.05) is 20.8 Å². The Labute approximate surface area is 167 Å². The number of benzene rings is 1. The molecule has 1 aliphatic heterocycles. The predicted octanol–water partition coefficient (Wildman–Crippen LogP) is 4.92. The summed E-state index contributed by atoms with van der Waals surface area (Å²) in [7, 11) is 3.29. The highest BCUT2D eigenvalue weighted by Crippen LogP contribution is 2.42. The third-order valence-electron chi connectivity index (χ3n) is 4.90. The zero-order valence-electron chi connectivity index (χ0n) is 15.5. The standard InChI is InChI=1S/C21H21NO3S2/c1-13-6-7-19(27-13)21(23)22-9-8-14-11-16(24-2)17(25-3)12-15(14)20(22)18-5-4-10-26-18/h4-7,10-12,20H,8-9H2,1-3H3/t20-/m0/s1. The molecule has 4 rings (SSSR count). The van der Waals surface area contributed by atoms with Gasteiger partial charge in [0.15, 0.2) is 11.5 Å². The number of hydrogen-bond donors (Lipinski definition) is 0. The number of rotatable bonds is 4. The second-order valence-corrected chi connectivity index (χ2v) is 8.75. The van der Waals surface area contributed by atoms with Crippen molar-refractivity contribution in [1.29, 1.82) is 0 Å². The van der Waals surface area contributed by atoms with Gasteiger partial charge in [-0.15, -0.1) is 22.7 Å². The summed E-state index contributed by atoms with van der Waals surface area (Å²) in [6.07, 6.45) is 0.799. The summed E-state index contributed by atoms with van der Waals surface area (Å²) in [5.74, 6) is 1.51. The molecule has 0 aliphatic carbocycles. The Bertz CT molecular complexity index is 962. The van der Waals surface area contributed by atoms with Crippen LogP contribution in [0.15, 0.2) is 41.8 Å². The van der Waals surface area contributed by atoms with Gasteiger partial charge in [0.1, 0.15) is 0 Å². The lowest BCUT2D eigenvalue weighted by molar-refractivity contribution is 0.0702. The van der Waals surface area contributed by atoms with E-state index in [1.165, 1.54) is 5.56 Å². The van der Waals surface area contributed by atoms with Crippen LogP contribution in [0.25, 0.3) is 0 Å². The number of aryl methyl sites for hydroxylation is 1. The molecule has 3 heterocycles. The van der Waals surface area contributed by atoms with Crippen molar-refractivity contribution >= 4 is 28.6 Å². The number of nitrogens with zero attached hydrogens (tertiary/aromatic N) is 1. The maximum atomic E-state index is 13.3. The molecule has 4 nitrogen and oxygen atoms in total. The van der Waals surface area contributed by atoms with E-state index in [0.29, 0.717) is 12.3 Å². The number of fused-ring (bicyclic) bond motifs is 1. The molecule has 0 saturated heterocycles. The van der Waals surface area contributed by atoms with Crippen LogP contribution in [0, 0.1) is 6.92 Å². The van der Waals surface area contributed by atoms with Gasteiger partial charge >= 0.3 is 0 Å². The molecule has 1 amide bonds. The van der Waals surface area contributed by atoms with Gasteiger partial charge < -0.3 is 14.4 Å². The minimum absolute atomic E-state index is 0.0898. The first-order chi connectivity index (χ1) is 13.1. The molecule has 140 valence electrons. The molecule has 27 heavy (non-hydrogen) atoms. The molecular formula is C21H21NO3S2. The molecule has 2 aromatic heterocycles. The van der Waals surface area contributed by atoms with E-state index in [0.717, 1.165) is 32.4 Å². The van der Waals surface area contributed by atoms with Gasteiger partial charge in [0, 0.05) is 16.3 Å². The lowest BCUT2D eigenvalue weighted by atomic mass is 9.90. The van der Waals surface area contributed by atoms with E-state index in [2.05, 4.69) is 11.4 Å². The fourth-order valence-electron chi connectivity index (χ4n) is 3.61. The van der Waals surface area contributed by atoms with Crippen molar-refractivity contribution in [1.82, 2.24) is 4.90 Å². The predicted molar refractivity (Wildman–Crippen MR) is 110 cm³/mol. The molecule has 0 unspecified atom stereocenters. The fraction of sp³-hybridized carbons (Fsp3) is 0.286. The van der Waals surface area contributed by atoms with Crippen LogP contribution in [0.4, 0.5) is 0 Å². The first-order valence-electron chi connectivity index (χ1n) is 8.78. The minimum Gasteiger partial charge on any atom is -0.493 e. The van der Waals surface area contributed by atoms with Crippen molar-refractivity contribution in [2.45, 2.75) is 19.4 Å². The molecule has 0 bridgehead atoms. The summed E-state index contributed by atoms with van der Waals surface area (Å²) >= 11 is 3.23. The average Bonchev–Trinajstić information content (AvgIpc) is 3.37. The third-order valence-corrected chi connectivity index (χ3v) is 6.81. The fourth-order valence-corrected chi connectivity index (χ4v) is 5.29. The van der Waals surface area contributed by atoms with Crippen LogP contribution in [0.1, 0.15) is 36.6 Å².